The Labute approximate surface area is 80.1 Å². The van der Waals surface area contributed by atoms with Gasteiger partial charge in [0.1, 0.15) is 0 Å². The molecule has 0 aliphatic heterocycles. The van der Waals surface area contributed by atoms with Gasteiger partial charge in [-0.2, -0.15) is 16.6 Å². The van der Waals surface area contributed by atoms with E-state index in [0.29, 0.717) is 5.56 Å². The highest BCUT2D eigenvalue weighted by atomic mass is 32.1. The maximum atomic E-state index is 8.68. The van der Waals surface area contributed by atoms with E-state index in [1.807, 2.05) is 16.8 Å². The third kappa shape index (κ3) is 1.58. The molecule has 0 radical (unpaired) electrons. The molecule has 0 bridgehead atoms. The van der Waals surface area contributed by atoms with E-state index in [9.17, 15) is 0 Å². The number of nitriles is 1. The molecule has 2 aromatic rings. The molecule has 0 unspecified atom stereocenters. The summed E-state index contributed by atoms with van der Waals surface area (Å²) in [4.78, 5) is 4.19. The van der Waals surface area contributed by atoms with Crippen LogP contribution in [0, 0.1) is 11.3 Å². The molecule has 0 amide bonds. The lowest BCUT2D eigenvalue weighted by Gasteiger charge is -1.95. The van der Waals surface area contributed by atoms with Gasteiger partial charge in [0.25, 0.3) is 0 Å². The molecular formula is C10H6N2S. The Morgan fingerprint density at radius 2 is 2.31 bits per heavy atom. The van der Waals surface area contributed by atoms with Gasteiger partial charge in [0.2, 0.25) is 0 Å². The Bertz CT molecular complexity index is 440. The van der Waals surface area contributed by atoms with Gasteiger partial charge in [-0.25, -0.2) is 0 Å². The second-order valence-electron chi connectivity index (χ2n) is 2.55. The Morgan fingerprint density at radius 3 is 3.00 bits per heavy atom. The summed E-state index contributed by atoms with van der Waals surface area (Å²) < 4.78 is 0. The van der Waals surface area contributed by atoms with Crippen molar-refractivity contribution in [1.82, 2.24) is 4.98 Å². The van der Waals surface area contributed by atoms with Crippen molar-refractivity contribution in [3.63, 3.8) is 0 Å². The number of rotatable bonds is 1. The Balaban J connectivity index is 2.49. The maximum Gasteiger partial charge on any atom is 0.0992 e. The molecule has 2 aromatic heterocycles. The second kappa shape index (κ2) is 3.38. The molecule has 2 nitrogen and oxygen atoms in total. The van der Waals surface area contributed by atoms with Crippen molar-refractivity contribution < 1.29 is 0 Å². The number of nitrogens with zero attached hydrogens (tertiary/aromatic N) is 2. The molecule has 0 atom stereocenters. The summed E-state index contributed by atoms with van der Waals surface area (Å²) >= 11 is 1.62. The van der Waals surface area contributed by atoms with Crippen molar-refractivity contribution in [2.24, 2.45) is 0 Å². The lowest BCUT2D eigenvalue weighted by atomic mass is 10.2. The van der Waals surface area contributed by atoms with Crippen molar-refractivity contribution in [3.05, 3.63) is 40.7 Å². The molecule has 0 saturated heterocycles. The van der Waals surface area contributed by atoms with Gasteiger partial charge in [0.15, 0.2) is 0 Å². The molecule has 0 aromatic carbocycles. The number of hydrogen-bond donors (Lipinski definition) is 0. The van der Waals surface area contributed by atoms with Crippen molar-refractivity contribution in [3.8, 4) is 17.3 Å². The van der Waals surface area contributed by atoms with E-state index in [2.05, 4.69) is 11.1 Å². The fourth-order valence-corrected chi connectivity index (χ4v) is 1.72. The number of thiophene rings is 1. The third-order valence-corrected chi connectivity index (χ3v) is 2.39. The molecular weight excluding hydrogens is 180 g/mol. The first-order valence-corrected chi connectivity index (χ1v) is 4.73. The van der Waals surface area contributed by atoms with Crippen LogP contribution in [-0.2, 0) is 0 Å². The van der Waals surface area contributed by atoms with Crippen LogP contribution in [0.2, 0.25) is 0 Å². The standard InChI is InChI=1S/C10H6N2S/c11-6-8-1-3-12-10(5-8)9-2-4-13-7-9/h1-5,7H. The minimum Gasteiger partial charge on any atom is -0.256 e. The highest BCUT2D eigenvalue weighted by molar-refractivity contribution is 7.08. The van der Waals surface area contributed by atoms with Crippen molar-refractivity contribution in [1.29, 1.82) is 5.26 Å². The maximum absolute atomic E-state index is 8.68. The van der Waals surface area contributed by atoms with Gasteiger partial charge in [0.05, 0.1) is 17.3 Å². The van der Waals surface area contributed by atoms with Crippen LogP contribution in [0.1, 0.15) is 5.56 Å². The molecule has 3 heteroatoms. The smallest absolute Gasteiger partial charge is 0.0992 e. The number of hydrogen-bond acceptors (Lipinski definition) is 3. The summed E-state index contributed by atoms with van der Waals surface area (Å²) in [5.74, 6) is 0. The quantitative estimate of drug-likeness (QED) is 0.686. The topological polar surface area (TPSA) is 36.7 Å². The van der Waals surface area contributed by atoms with Gasteiger partial charge in [0, 0.05) is 17.1 Å². The van der Waals surface area contributed by atoms with Crippen molar-refractivity contribution in [2.45, 2.75) is 0 Å². The second-order valence-corrected chi connectivity index (χ2v) is 3.33. The molecule has 0 spiro atoms. The zero-order valence-electron chi connectivity index (χ0n) is 6.77. The number of pyridine rings is 1. The van der Waals surface area contributed by atoms with Gasteiger partial charge in [-0.05, 0) is 23.6 Å². The highest BCUT2D eigenvalue weighted by Crippen LogP contribution is 2.19. The average Bonchev–Trinajstić information content (AvgIpc) is 2.71. The van der Waals surface area contributed by atoms with Crippen LogP contribution in [0.4, 0.5) is 0 Å². The van der Waals surface area contributed by atoms with E-state index in [1.54, 1.807) is 29.7 Å². The largest absolute Gasteiger partial charge is 0.256 e. The molecule has 0 saturated carbocycles. The van der Waals surface area contributed by atoms with Crippen molar-refractivity contribution >= 4 is 11.3 Å². The Kier molecular flexibility index (Phi) is 2.07. The van der Waals surface area contributed by atoms with E-state index in [0.717, 1.165) is 11.3 Å². The van der Waals surface area contributed by atoms with Gasteiger partial charge in [-0.15, -0.1) is 0 Å². The van der Waals surface area contributed by atoms with E-state index >= 15 is 0 Å². The van der Waals surface area contributed by atoms with Crippen LogP contribution >= 0.6 is 11.3 Å². The zero-order chi connectivity index (χ0) is 9.10. The molecule has 62 valence electrons. The molecule has 0 aliphatic rings. The van der Waals surface area contributed by atoms with Gasteiger partial charge in [-0.1, -0.05) is 0 Å². The lowest BCUT2D eigenvalue weighted by Crippen LogP contribution is -1.81. The molecule has 0 N–H and O–H groups in total. The fraction of sp³-hybridized carbons (Fsp3) is 0. The normalized spacial score (nSPS) is 9.46. The Hall–Kier alpha value is -1.66. The zero-order valence-corrected chi connectivity index (χ0v) is 7.58. The van der Waals surface area contributed by atoms with E-state index in [1.165, 1.54) is 0 Å². The minimum absolute atomic E-state index is 0.649. The third-order valence-electron chi connectivity index (χ3n) is 1.71. The van der Waals surface area contributed by atoms with Crippen LogP contribution in [0.25, 0.3) is 11.3 Å². The summed E-state index contributed by atoms with van der Waals surface area (Å²) in [7, 11) is 0. The first kappa shape index (κ1) is 7.96. The summed E-state index contributed by atoms with van der Waals surface area (Å²) in [6, 6.07) is 7.58. The van der Waals surface area contributed by atoms with Gasteiger partial charge in [-0.3, -0.25) is 4.98 Å². The van der Waals surface area contributed by atoms with E-state index in [-0.39, 0.29) is 0 Å². The molecule has 0 fully saturated rings. The lowest BCUT2D eigenvalue weighted by molar-refractivity contribution is 1.31. The summed E-state index contributed by atoms with van der Waals surface area (Å²) in [6.45, 7) is 0. The Morgan fingerprint density at radius 1 is 1.38 bits per heavy atom. The van der Waals surface area contributed by atoms with Crippen molar-refractivity contribution in [2.75, 3.05) is 0 Å². The summed E-state index contributed by atoms with van der Waals surface area (Å²) in [5, 5.41) is 12.7. The SMILES string of the molecule is N#Cc1ccnc(-c2ccsc2)c1. The molecule has 2 heterocycles. The van der Waals surface area contributed by atoms with Crippen LogP contribution in [0.3, 0.4) is 0 Å². The predicted octanol–water partition coefficient (Wildman–Crippen LogP) is 2.68. The van der Waals surface area contributed by atoms with Crippen LogP contribution in [-0.4, -0.2) is 4.98 Å². The van der Waals surface area contributed by atoms with Gasteiger partial charge >= 0.3 is 0 Å². The predicted molar refractivity (Wildman–Crippen MR) is 52.3 cm³/mol. The van der Waals surface area contributed by atoms with Crippen LogP contribution < -0.4 is 0 Å². The fourth-order valence-electron chi connectivity index (χ4n) is 1.07. The molecule has 0 aliphatic carbocycles. The summed E-state index contributed by atoms with van der Waals surface area (Å²) in [6.07, 6.45) is 1.66. The monoisotopic (exact) mass is 186 g/mol. The highest BCUT2D eigenvalue weighted by Gasteiger charge is 1.99. The number of aromatic nitrogens is 1. The van der Waals surface area contributed by atoms with E-state index in [4.69, 9.17) is 5.26 Å². The average molecular weight is 186 g/mol. The first-order valence-electron chi connectivity index (χ1n) is 3.79. The van der Waals surface area contributed by atoms with Crippen LogP contribution in [0.5, 0.6) is 0 Å². The van der Waals surface area contributed by atoms with E-state index < -0.39 is 0 Å². The first-order chi connectivity index (χ1) is 6.40. The molecule has 2 rings (SSSR count). The van der Waals surface area contributed by atoms with Gasteiger partial charge < -0.3 is 0 Å². The summed E-state index contributed by atoms with van der Waals surface area (Å²) in [5.41, 5.74) is 2.58. The molecule has 13 heavy (non-hydrogen) atoms. The minimum atomic E-state index is 0.649. The van der Waals surface area contributed by atoms with Crippen LogP contribution in [0.15, 0.2) is 35.2 Å².